The maximum Gasteiger partial charge on any atom is 0.416 e. The second kappa shape index (κ2) is 9.40. The van der Waals surface area contributed by atoms with Crippen LogP contribution in [-0.4, -0.2) is 72.6 Å². The summed E-state index contributed by atoms with van der Waals surface area (Å²) in [5.41, 5.74) is 0.342. The van der Waals surface area contributed by atoms with E-state index in [2.05, 4.69) is 49.6 Å². The highest BCUT2D eigenvalue weighted by molar-refractivity contribution is 5.26. The molecule has 1 aromatic rings. The van der Waals surface area contributed by atoms with E-state index in [9.17, 15) is 13.2 Å². The highest BCUT2D eigenvalue weighted by Gasteiger charge is 2.42. The summed E-state index contributed by atoms with van der Waals surface area (Å²) in [5.74, 6) is 0.672. The minimum atomic E-state index is -4.28. The van der Waals surface area contributed by atoms with Crippen molar-refractivity contribution in [2.24, 2.45) is 5.92 Å². The molecule has 2 aliphatic rings. The van der Waals surface area contributed by atoms with Gasteiger partial charge in [0.1, 0.15) is 0 Å². The van der Waals surface area contributed by atoms with E-state index in [1.807, 2.05) is 6.07 Å². The largest absolute Gasteiger partial charge is 0.416 e. The molecule has 2 saturated heterocycles. The van der Waals surface area contributed by atoms with Gasteiger partial charge < -0.3 is 4.90 Å². The van der Waals surface area contributed by atoms with E-state index in [1.165, 1.54) is 18.6 Å². The number of halogens is 3. The number of likely N-dealkylation sites (tertiary alicyclic amines) is 2. The molecule has 2 heterocycles. The summed E-state index contributed by atoms with van der Waals surface area (Å²) in [6.07, 6.45) is 0.753. The van der Waals surface area contributed by atoms with Crippen molar-refractivity contribution in [1.29, 1.82) is 0 Å². The second-order valence-corrected chi connectivity index (χ2v) is 10.9. The number of rotatable bonds is 6. The van der Waals surface area contributed by atoms with Crippen molar-refractivity contribution in [1.82, 2.24) is 14.7 Å². The van der Waals surface area contributed by atoms with E-state index in [1.54, 1.807) is 6.07 Å². The van der Waals surface area contributed by atoms with Crippen LogP contribution in [0.3, 0.4) is 0 Å². The summed E-state index contributed by atoms with van der Waals surface area (Å²) in [6.45, 7) is 12.2. The molecule has 0 saturated carbocycles. The number of likely N-dealkylation sites (N-methyl/N-ethyl adjacent to an activating group) is 1. The summed E-state index contributed by atoms with van der Waals surface area (Å²) < 4.78 is 39.6. The Kier molecular flexibility index (Phi) is 7.44. The molecule has 176 valence electrons. The fourth-order valence-corrected chi connectivity index (χ4v) is 5.43. The summed E-state index contributed by atoms with van der Waals surface area (Å²) in [4.78, 5) is 7.53. The quantitative estimate of drug-likeness (QED) is 0.607. The molecule has 1 aromatic carbocycles. The molecule has 0 N–H and O–H groups in total. The molecule has 0 aromatic heterocycles. The Morgan fingerprint density at radius 1 is 1.16 bits per heavy atom. The Morgan fingerprint density at radius 2 is 1.90 bits per heavy atom. The van der Waals surface area contributed by atoms with E-state index in [0.29, 0.717) is 12.3 Å². The number of alkyl halides is 3. The first-order valence-electron chi connectivity index (χ1n) is 11.7. The van der Waals surface area contributed by atoms with Gasteiger partial charge in [0, 0.05) is 30.7 Å². The maximum atomic E-state index is 13.2. The Bertz CT molecular complexity index is 727. The zero-order valence-electron chi connectivity index (χ0n) is 19.9. The molecule has 0 radical (unpaired) electrons. The second-order valence-electron chi connectivity index (χ2n) is 10.9. The Labute approximate surface area is 186 Å². The van der Waals surface area contributed by atoms with Crippen molar-refractivity contribution in [2.45, 2.75) is 70.1 Å². The predicted octanol–water partition coefficient (Wildman–Crippen LogP) is 5.15. The lowest BCUT2D eigenvalue weighted by molar-refractivity contribution is -0.137. The van der Waals surface area contributed by atoms with Crippen molar-refractivity contribution in [3.8, 4) is 0 Å². The normalized spacial score (nSPS) is 26.7. The lowest BCUT2D eigenvalue weighted by Gasteiger charge is -2.52. The molecule has 6 heteroatoms. The number of hydrogen-bond donors (Lipinski definition) is 0. The maximum absolute atomic E-state index is 13.2. The van der Waals surface area contributed by atoms with Crippen LogP contribution in [-0.2, 0) is 12.6 Å². The summed E-state index contributed by atoms with van der Waals surface area (Å²) in [6, 6.07) is 5.90. The van der Waals surface area contributed by atoms with Crippen molar-refractivity contribution in [3.63, 3.8) is 0 Å². The van der Waals surface area contributed by atoms with Gasteiger partial charge >= 0.3 is 6.18 Å². The molecular formula is C25H40F3N3. The molecule has 0 spiro atoms. The summed E-state index contributed by atoms with van der Waals surface area (Å²) in [7, 11) is 4.43. The average molecular weight is 440 g/mol. The average Bonchev–Trinajstić information content (AvgIpc) is 3.10. The molecule has 2 aliphatic heterocycles. The lowest BCUT2D eigenvalue weighted by atomic mass is 9.80. The van der Waals surface area contributed by atoms with Crippen LogP contribution in [0.5, 0.6) is 0 Å². The van der Waals surface area contributed by atoms with Gasteiger partial charge in [-0.2, -0.15) is 13.2 Å². The van der Waals surface area contributed by atoms with E-state index < -0.39 is 11.7 Å². The van der Waals surface area contributed by atoms with Crippen LogP contribution in [0.2, 0.25) is 0 Å². The highest BCUT2D eigenvalue weighted by atomic mass is 19.4. The summed E-state index contributed by atoms with van der Waals surface area (Å²) in [5, 5.41) is 0. The van der Waals surface area contributed by atoms with Gasteiger partial charge in [0.05, 0.1) is 5.56 Å². The molecule has 31 heavy (non-hydrogen) atoms. The van der Waals surface area contributed by atoms with Crippen LogP contribution < -0.4 is 0 Å². The predicted molar refractivity (Wildman–Crippen MR) is 121 cm³/mol. The van der Waals surface area contributed by atoms with Gasteiger partial charge in [0.25, 0.3) is 0 Å². The molecule has 3 nitrogen and oxygen atoms in total. The molecule has 2 fully saturated rings. The standard InChI is InChI=1S/C25H40F3N3/c1-23(2,3)31-14-7-12-24(19-31,30(5)18-21-11-15-29(4)17-21)13-10-20-8-6-9-22(16-20)25(26,27)28/h6,8-9,16,21H,7,10-15,17-19H2,1-5H3. The number of nitrogens with zero attached hydrogens (tertiary/aromatic N) is 3. The molecule has 2 unspecified atom stereocenters. The molecular weight excluding hydrogens is 399 g/mol. The fraction of sp³-hybridized carbons (Fsp3) is 0.760. The Balaban J connectivity index is 1.79. The lowest BCUT2D eigenvalue weighted by Crippen LogP contribution is -2.61. The van der Waals surface area contributed by atoms with E-state index in [4.69, 9.17) is 0 Å². The molecule has 0 aliphatic carbocycles. The minimum absolute atomic E-state index is 0.000921. The number of aryl methyl sites for hydroxylation is 1. The van der Waals surface area contributed by atoms with Crippen LogP contribution in [0.25, 0.3) is 0 Å². The third kappa shape index (κ3) is 6.23. The third-order valence-electron chi connectivity index (χ3n) is 7.47. The monoisotopic (exact) mass is 439 g/mol. The van der Waals surface area contributed by atoms with Gasteiger partial charge in [-0.05, 0) is 97.6 Å². The fourth-order valence-electron chi connectivity index (χ4n) is 5.43. The van der Waals surface area contributed by atoms with Gasteiger partial charge in [0.2, 0.25) is 0 Å². The molecule has 3 rings (SSSR count). The third-order valence-corrected chi connectivity index (χ3v) is 7.47. The van der Waals surface area contributed by atoms with Gasteiger partial charge in [-0.15, -0.1) is 0 Å². The van der Waals surface area contributed by atoms with Gasteiger partial charge in [-0.25, -0.2) is 0 Å². The molecule has 0 amide bonds. The number of benzene rings is 1. The van der Waals surface area contributed by atoms with Crippen LogP contribution >= 0.6 is 0 Å². The first-order valence-corrected chi connectivity index (χ1v) is 11.7. The minimum Gasteiger partial charge on any atom is -0.306 e. The zero-order valence-corrected chi connectivity index (χ0v) is 19.9. The van der Waals surface area contributed by atoms with Crippen molar-refractivity contribution < 1.29 is 13.2 Å². The number of piperidine rings is 1. The van der Waals surface area contributed by atoms with Crippen LogP contribution in [0.4, 0.5) is 13.2 Å². The van der Waals surface area contributed by atoms with Crippen LogP contribution in [0, 0.1) is 5.92 Å². The SMILES string of the molecule is CN1CCC(CN(C)C2(CCc3cccc(C(F)(F)F)c3)CCCN(C(C)(C)C)C2)C1. The summed E-state index contributed by atoms with van der Waals surface area (Å²) >= 11 is 0. The highest BCUT2D eigenvalue weighted by Crippen LogP contribution is 2.36. The van der Waals surface area contributed by atoms with Gasteiger partial charge in [0.15, 0.2) is 0 Å². The molecule has 0 bridgehead atoms. The zero-order chi connectivity index (χ0) is 22.9. The van der Waals surface area contributed by atoms with Crippen molar-refractivity contribution in [2.75, 3.05) is 46.8 Å². The van der Waals surface area contributed by atoms with E-state index in [-0.39, 0.29) is 11.1 Å². The number of hydrogen-bond acceptors (Lipinski definition) is 3. The smallest absolute Gasteiger partial charge is 0.306 e. The van der Waals surface area contributed by atoms with Gasteiger partial charge in [-0.1, -0.05) is 18.2 Å². The topological polar surface area (TPSA) is 9.72 Å². The Morgan fingerprint density at radius 3 is 2.52 bits per heavy atom. The van der Waals surface area contributed by atoms with Crippen molar-refractivity contribution >= 4 is 0 Å². The van der Waals surface area contributed by atoms with Crippen LogP contribution in [0.1, 0.15) is 57.6 Å². The van der Waals surface area contributed by atoms with Crippen molar-refractivity contribution in [3.05, 3.63) is 35.4 Å². The first kappa shape index (κ1) is 24.5. The van der Waals surface area contributed by atoms with Crippen LogP contribution in [0.15, 0.2) is 24.3 Å². The van der Waals surface area contributed by atoms with Gasteiger partial charge in [-0.3, -0.25) is 9.80 Å². The first-order chi connectivity index (χ1) is 14.4. The Hall–Kier alpha value is -1.11. The molecule has 2 atom stereocenters. The van der Waals surface area contributed by atoms with E-state index in [0.717, 1.165) is 57.5 Å². The van der Waals surface area contributed by atoms with E-state index >= 15 is 0 Å².